The maximum absolute atomic E-state index is 13.4. The highest BCUT2D eigenvalue weighted by Crippen LogP contribution is 2.33. The van der Waals surface area contributed by atoms with Crippen LogP contribution in [0.3, 0.4) is 0 Å². The van der Waals surface area contributed by atoms with Crippen LogP contribution in [0.25, 0.3) is 10.8 Å². The van der Waals surface area contributed by atoms with Crippen molar-refractivity contribution in [3.05, 3.63) is 70.4 Å². The zero-order chi connectivity index (χ0) is 24.3. The summed E-state index contributed by atoms with van der Waals surface area (Å²) >= 11 is 1.53. The molecule has 5 amide bonds. The molecule has 176 valence electrons. The van der Waals surface area contributed by atoms with E-state index in [-0.39, 0.29) is 19.0 Å². The van der Waals surface area contributed by atoms with Crippen LogP contribution in [0.5, 0.6) is 0 Å². The van der Waals surface area contributed by atoms with Gasteiger partial charge in [0.15, 0.2) is 0 Å². The Labute approximate surface area is 201 Å². The van der Waals surface area contributed by atoms with Gasteiger partial charge in [0, 0.05) is 11.4 Å². The van der Waals surface area contributed by atoms with Gasteiger partial charge in [-0.05, 0) is 41.6 Å². The molecule has 1 unspecified atom stereocenters. The summed E-state index contributed by atoms with van der Waals surface area (Å²) in [5.41, 5.74) is -0.632. The van der Waals surface area contributed by atoms with Gasteiger partial charge in [0.05, 0.1) is 13.1 Å². The second-order valence-electron chi connectivity index (χ2n) is 8.24. The van der Waals surface area contributed by atoms with E-state index in [0.29, 0.717) is 12.1 Å². The largest absolute Gasteiger partial charge is 0.350 e. The zero-order valence-corrected chi connectivity index (χ0v) is 19.9. The molecule has 2 N–H and O–H groups in total. The van der Waals surface area contributed by atoms with E-state index in [4.69, 9.17) is 0 Å². The molecule has 34 heavy (non-hydrogen) atoms. The summed E-state index contributed by atoms with van der Waals surface area (Å²) in [4.78, 5) is 54.7. The Kier molecular flexibility index (Phi) is 6.65. The Morgan fingerprint density at radius 1 is 1.09 bits per heavy atom. The van der Waals surface area contributed by atoms with Gasteiger partial charge in [-0.2, -0.15) is 0 Å². The number of urea groups is 1. The van der Waals surface area contributed by atoms with E-state index in [1.54, 1.807) is 13.8 Å². The maximum atomic E-state index is 13.4. The van der Waals surface area contributed by atoms with E-state index in [1.165, 1.54) is 16.2 Å². The van der Waals surface area contributed by atoms with Crippen LogP contribution in [0, 0.1) is 0 Å². The summed E-state index contributed by atoms with van der Waals surface area (Å²) in [6, 6.07) is 16.4. The normalized spacial score (nSPS) is 17.6. The highest BCUT2D eigenvalue weighted by molar-refractivity contribution is 7.09. The third-order valence-electron chi connectivity index (χ3n) is 6.01. The maximum Gasteiger partial charge on any atom is 0.325 e. The molecular formula is C25H26N4O4S. The fourth-order valence-corrected chi connectivity index (χ4v) is 4.77. The Hall–Kier alpha value is -3.72. The van der Waals surface area contributed by atoms with Gasteiger partial charge in [-0.1, -0.05) is 48.5 Å². The first-order valence-electron chi connectivity index (χ1n) is 11.0. The monoisotopic (exact) mass is 478 g/mol. The fourth-order valence-electron chi connectivity index (χ4n) is 4.12. The van der Waals surface area contributed by atoms with Gasteiger partial charge < -0.3 is 15.5 Å². The molecule has 3 aromatic rings. The second kappa shape index (κ2) is 9.64. The number of carbonyl (C=O) groups excluding carboxylic acids is 4. The number of imide groups is 1. The van der Waals surface area contributed by atoms with Crippen molar-refractivity contribution >= 4 is 45.9 Å². The molecule has 4 rings (SSSR count). The number of amides is 5. The summed E-state index contributed by atoms with van der Waals surface area (Å²) in [6.07, 6.45) is 0. The number of likely N-dealkylation sites (N-methyl/N-ethyl adjacent to an activating group) is 1. The Balaban J connectivity index is 1.45. The van der Waals surface area contributed by atoms with Crippen LogP contribution in [0.1, 0.15) is 24.3 Å². The molecule has 0 radical (unpaired) electrons. The third kappa shape index (κ3) is 4.51. The van der Waals surface area contributed by atoms with Crippen LogP contribution < -0.4 is 10.6 Å². The van der Waals surface area contributed by atoms with E-state index >= 15 is 0 Å². The van der Waals surface area contributed by atoms with Crippen LogP contribution in [0.4, 0.5) is 4.79 Å². The van der Waals surface area contributed by atoms with E-state index in [2.05, 4.69) is 10.6 Å². The standard InChI is InChI=1S/C25H26N4O4S/c1-3-28(15-21(30)26-14-18-10-7-13-34-18)22(31)16-29-23(32)25(2,27-24(29)33)20-12-6-9-17-8-4-5-11-19(17)20/h4-13H,3,14-16H2,1-2H3,(H,26,30)(H,27,33). The highest BCUT2D eigenvalue weighted by Gasteiger charge is 2.50. The minimum absolute atomic E-state index is 0.148. The van der Waals surface area contributed by atoms with Gasteiger partial charge in [-0.25, -0.2) is 4.79 Å². The van der Waals surface area contributed by atoms with Crippen LogP contribution in [0.15, 0.2) is 60.0 Å². The van der Waals surface area contributed by atoms with Crippen LogP contribution in [0.2, 0.25) is 0 Å². The molecule has 1 aliphatic rings. The second-order valence-corrected chi connectivity index (χ2v) is 9.27. The summed E-state index contributed by atoms with van der Waals surface area (Å²) in [5.74, 6) is -1.28. The Morgan fingerprint density at radius 3 is 2.59 bits per heavy atom. The van der Waals surface area contributed by atoms with Crippen LogP contribution >= 0.6 is 11.3 Å². The lowest BCUT2D eigenvalue weighted by atomic mass is 9.88. The van der Waals surface area contributed by atoms with Crippen LogP contribution in [-0.4, -0.2) is 53.2 Å². The molecule has 9 heteroatoms. The quantitative estimate of drug-likeness (QED) is 0.487. The fraction of sp³-hybridized carbons (Fsp3) is 0.280. The third-order valence-corrected chi connectivity index (χ3v) is 6.88. The minimum atomic E-state index is -1.30. The van der Waals surface area contributed by atoms with Crippen molar-refractivity contribution in [1.82, 2.24) is 20.4 Å². The molecular weight excluding hydrogens is 452 g/mol. The highest BCUT2D eigenvalue weighted by atomic mass is 32.1. The molecule has 8 nitrogen and oxygen atoms in total. The van der Waals surface area contributed by atoms with Gasteiger partial charge in [0.2, 0.25) is 11.8 Å². The summed E-state index contributed by atoms with van der Waals surface area (Å²) < 4.78 is 0. The van der Waals surface area contributed by atoms with Gasteiger partial charge in [-0.15, -0.1) is 11.3 Å². The number of fused-ring (bicyclic) bond motifs is 1. The number of hydrogen-bond donors (Lipinski definition) is 2. The summed E-state index contributed by atoms with van der Waals surface area (Å²) in [6.45, 7) is 3.47. The number of hydrogen-bond acceptors (Lipinski definition) is 5. The predicted octanol–water partition coefficient (Wildman–Crippen LogP) is 2.83. The molecule has 0 spiro atoms. The number of benzene rings is 2. The molecule has 1 fully saturated rings. The zero-order valence-electron chi connectivity index (χ0n) is 19.0. The van der Waals surface area contributed by atoms with Gasteiger partial charge in [0.25, 0.3) is 5.91 Å². The van der Waals surface area contributed by atoms with E-state index in [1.807, 2.05) is 60.0 Å². The molecule has 1 aliphatic heterocycles. The van der Waals surface area contributed by atoms with Crippen molar-refractivity contribution in [2.75, 3.05) is 19.6 Å². The molecule has 0 saturated carbocycles. The molecule has 0 bridgehead atoms. The average Bonchev–Trinajstić information content (AvgIpc) is 3.43. The van der Waals surface area contributed by atoms with Gasteiger partial charge in [0.1, 0.15) is 12.1 Å². The Morgan fingerprint density at radius 2 is 1.85 bits per heavy atom. The van der Waals surface area contributed by atoms with E-state index in [9.17, 15) is 19.2 Å². The van der Waals surface area contributed by atoms with E-state index in [0.717, 1.165) is 20.5 Å². The lowest BCUT2D eigenvalue weighted by molar-refractivity contribution is -0.140. The van der Waals surface area contributed by atoms with Crippen LogP contribution in [-0.2, 0) is 26.5 Å². The van der Waals surface area contributed by atoms with Crippen molar-refractivity contribution < 1.29 is 19.2 Å². The van der Waals surface area contributed by atoms with Crippen molar-refractivity contribution in [3.63, 3.8) is 0 Å². The topological polar surface area (TPSA) is 98.8 Å². The number of nitrogens with zero attached hydrogens (tertiary/aromatic N) is 2. The van der Waals surface area contributed by atoms with Crippen molar-refractivity contribution in [1.29, 1.82) is 0 Å². The number of nitrogens with one attached hydrogen (secondary N) is 2. The SMILES string of the molecule is CCN(CC(=O)NCc1cccs1)C(=O)CN1C(=O)NC(C)(c2cccc3ccccc23)C1=O. The van der Waals surface area contributed by atoms with Gasteiger partial charge >= 0.3 is 6.03 Å². The number of carbonyl (C=O) groups is 4. The average molecular weight is 479 g/mol. The lowest BCUT2D eigenvalue weighted by Crippen LogP contribution is -2.47. The number of thiophene rings is 1. The Bertz CT molecular complexity index is 1240. The first-order valence-corrected chi connectivity index (χ1v) is 11.9. The summed E-state index contributed by atoms with van der Waals surface area (Å²) in [7, 11) is 0. The molecule has 2 heterocycles. The minimum Gasteiger partial charge on any atom is -0.350 e. The summed E-state index contributed by atoms with van der Waals surface area (Å²) in [5, 5.41) is 9.28. The molecule has 1 saturated heterocycles. The molecule has 0 aliphatic carbocycles. The van der Waals surface area contributed by atoms with Crippen molar-refractivity contribution in [2.45, 2.75) is 25.9 Å². The lowest BCUT2D eigenvalue weighted by Gasteiger charge is -2.25. The molecule has 1 aromatic heterocycles. The van der Waals surface area contributed by atoms with Crippen molar-refractivity contribution in [2.24, 2.45) is 0 Å². The van der Waals surface area contributed by atoms with Crippen molar-refractivity contribution in [3.8, 4) is 0 Å². The smallest absolute Gasteiger partial charge is 0.325 e. The predicted molar refractivity (Wildman–Crippen MR) is 130 cm³/mol. The first-order chi connectivity index (χ1) is 16.3. The number of rotatable bonds is 8. The molecule has 1 atom stereocenters. The first kappa shape index (κ1) is 23.4. The van der Waals surface area contributed by atoms with Gasteiger partial charge in [-0.3, -0.25) is 19.3 Å². The molecule has 2 aromatic carbocycles. The van der Waals surface area contributed by atoms with E-state index < -0.39 is 29.9 Å².